The van der Waals surface area contributed by atoms with Crippen molar-refractivity contribution in [1.82, 2.24) is 19.6 Å². The molecule has 0 saturated carbocycles. The second-order valence-electron chi connectivity index (χ2n) is 10.8. The van der Waals surface area contributed by atoms with Gasteiger partial charge in [0.15, 0.2) is 5.69 Å². The van der Waals surface area contributed by atoms with Crippen LogP contribution >= 0.6 is 23.2 Å². The number of anilines is 1. The van der Waals surface area contributed by atoms with Crippen LogP contribution in [0.5, 0.6) is 0 Å². The van der Waals surface area contributed by atoms with E-state index < -0.39 is 12.1 Å². The summed E-state index contributed by atoms with van der Waals surface area (Å²) >= 11 is 13.0. The van der Waals surface area contributed by atoms with Crippen molar-refractivity contribution in [3.8, 4) is 28.1 Å². The third-order valence-electron chi connectivity index (χ3n) is 7.65. The topological polar surface area (TPSA) is 88.9 Å². The van der Waals surface area contributed by atoms with Crippen LogP contribution in [0.15, 0.2) is 66.7 Å². The maximum absolute atomic E-state index is 12.5. The molecule has 5 rings (SSSR count). The van der Waals surface area contributed by atoms with E-state index in [1.165, 1.54) is 7.11 Å². The standard InChI is InChI=1S/C33H35Cl2N5O4/c1-22-19-24(23-7-4-8-25(20-23)36-33(42)44-18-6-13-39-16-14-38(2)15-17-39)11-12-26(22)30-21-29(32(41)43-3)37-40(30)31-27(34)9-5-10-28(31)35/h4-5,7-12,19-21H,6,13-18H2,1-3H3,(H,36,42). The van der Waals surface area contributed by atoms with Crippen LogP contribution in [-0.4, -0.2) is 85.1 Å². The molecule has 0 atom stereocenters. The van der Waals surface area contributed by atoms with Gasteiger partial charge in [-0.15, -0.1) is 0 Å². The summed E-state index contributed by atoms with van der Waals surface area (Å²) in [5.74, 6) is -0.569. The summed E-state index contributed by atoms with van der Waals surface area (Å²) in [6.07, 6.45) is 0.325. The summed E-state index contributed by atoms with van der Waals surface area (Å²) in [7, 11) is 3.44. The number of hydrogen-bond donors (Lipinski definition) is 1. The minimum absolute atomic E-state index is 0.131. The van der Waals surface area contributed by atoms with E-state index in [1.54, 1.807) is 28.9 Å². The molecule has 1 aliphatic rings. The number of rotatable bonds is 9. The second-order valence-corrected chi connectivity index (χ2v) is 11.6. The summed E-state index contributed by atoms with van der Waals surface area (Å²) in [5.41, 5.74) is 5.51. The molecule has 0 unspecified atom stereocenters. The van der Waals surface area contributed by atoms with Crippen molar-refractivity contribution in [3.05, 3.63) is 88.0 Å². The van der Waals surface area contributed by atoms with Crippen molar-refractivity contribution in [2.45, 2.75) is 13.3 Å². The summed E-state index contributed by atoms with van der Waals surface area (Å²) in [6, 6.07) is 20.4. The highest BCUT2D eigenvalue weighted by atomic mass is 35.5. The molecular formula is C33H35Cl2N5O4. The average Bonchev–Trinajstić information content (AvgIpc) is 3.44. The van der Waals surface area contributed by atoms with E-state index in [2.05, 4.69) is 27.3 Å². The lowest BCUT2D eigenvalue weighted by Gasteiger charge is -2.32. The molecule has 3 aromatic carbocycles. The number of benzene rings is 3. The van der Waals surface area contributed by atoms with Crippen LogP contribution in [0.4, 0.5) is 10.5 Å². The Morgan fingerprint density at radius 1 is 0.932 bits per heavy atom. The Morgan fingerprint density at radius 3 is 2.34 bits per heavy atom. The fraction of sp³-hybridized carbons (Fsp3) is 0.303. The third-order valence-corrected chi connectivity index (χ3v) is 8.26. The van der Waals surface area contributed by atoms with Gasteiger partial charge in [-0.1, -0.05) is 59.6 Å². The van der Waals surface area contributed by atoms with E-state index in [0.717, 1.165) is 61.4 Å². The van der Waals surface area contributed by atoms with Gasteiger partial charge in [0.2, 0.25) is 0 Å². The quantitative estimate of drug-likeness (QED) is 0.160. The average molecular weight is 637 g/mol. The molecule has 4 aromatic rings. The highest BCUT2D eigenvalue weighted by Gasteiger charge is 2.21. The highest BCUT2D eigenvalue weighted by molar-refractivity contribution is 6.37. The number of piperazine rings is 1. The first kappa shape index (κ1) is 31.5. The predicted octanol–water partition coefficient (Wildman–Crippen LogP) is 6.79. The first-order valence-electron chi connectivity index (χ1n) is 14.4. The number of nitrogens with zero attached hydrogens (tertiary/aromatic N) is 4. The van der Waals surface area contributed by atoms with E-state index in [0.29, 0.717) is 33.7 Å². The molecule has 44 heavy (non-hydrogen) atoms. The van der Waals surface area contributed by atoms with E-state index in [1.807, 2.05) is 49.4 Å². The number of ether oxygens (including phenoxy) is 2. The number of likely N-dealkylation sites (N-methyl/N-ethyl adjacent to an activating group) is 1. The number of halogens is 2. The van der Waals surface area contributed by atoms with Crippen molar-refractivity contribution >= 4 is 41.0 Å². The Bertz CT molecular complexity index is 1630. The number of para-hydroxylation sites is 1. The maximum atomic E-state index is 12.5. The van der Waals surface area contributed by atoms with Crippen LogP contribution in [0, 0.1) is 6.92 Å². The Balaban J connectivity index is 1.30. The molecule has 0 bridgehead atoms. The number of methoxy groups -OCH3 is 1. The number of aryl methyl sites for hydroxylation is 1. The molecule has 1 amide bonds. The Kier molecular flexibility index (Phi) is 10.2. The monoisotopic (exact) mass is 635 g/mol. The molecule has 2 heterocycles. The SMILES string of the molecule is COC(=O)c1cc(-c2ccc(-c3cccc(NC(=O)OCCCN4CCN(C)CC4)c3)cc2C)n(-c2c(Cl)cccc2Cl)n1. The lowest BCUT2D eigenvalue weighted by Crippen LogP contribution is -2.44. The Hall–Kier alpha value is -3.89. The minimum Gasteiger partial charge on any atom is -0.464 e. The van der Waals surface area contributed by atoms with Gasteiger partial charge in [-0.3, -0.25) is 5.32 Å². The third kappa shape index (κ3) is 7.42. The predicted molar refractivity (Wildman–Crippen MR) is 174 cm³/mol. The lowest BCUT2D eigenvalue weighted by molar-refractivity contribution is 0.0593. The number of amides is 1. The fourth-order valence-electron chi connectivity index (χ4n) is 5.22. The number of esters is 1. The van der Waals surface area contributed by atoms with Crippen molar-refractivity contribution in [3.63, 3.8) is 0 Å². The summed E-state index contributed by atoms with van der Waals surface area (Å²) in [4.78, 5) is 29.6. The van der Waals surface area contributed by atoms with Crippen molar-refractivity contribution in [2.75, 3.05) is 58.8 Å². The molecule has 0 spiro atoms. The molecule has 0 radical (unpaired) electrons. The molecule has 1 fully saturated rings. The molecular weight excluding hydrogens is 601 g/mol. The highest BCUT2D eigenvalue weighted by Crippen LogP contribution is 2.35. The Morgan fingerprint density at radius 2 is 1.64 bits per heavy atom. The van der Waals surface area contributed by atoms with E-state index in [4.69, 9.17) is 32.7 Å². The molecule has 1 N–H and O–H groups in total. The van der Waals surface area contributed by atoms with Gasteiger partial charge in [0.25, 0.3) is 0 Å². The normalized spacial score (nSPS) is 13.9. The summed E-state index contributed by atoms with van der Waals surface area (Å²) in [6.45, 7) is 7.49. The van der Waals surface area contributed by atoms with Gasteiger partial charge in [-0.05, 0) is 67.4 Å². The van der Waals surface area contributed by atoms with Gasteiger partial charge in [-0.25, -0.2) is 14.3 Å². The van der Waals surface area contributed by atoms with E-state index >= 15 is 0 Å². The van der Waals surface area contributed by atoms with Crippen molar-refractivity contribution < 1.29 is 19.1 Å². The van der Waals surface area contributed by atoms with Gasteiger partial charge in [0.05, 0.1) is 29.5 Å². The van der Waals surface area contributed by atoms with Gasteiger partial charge in [0.1, 0.15) is 5.69 Å². The molecule has 230 valence electrons. The lowest BCUT2D eigenvalue weighted by atomic mass is 9.97. The van der Waals surface area contributed by atoms with Crippen LogP contribution in [0.2, 0.25) is 10.0 Å². The van der Waals surface area contributed by atoms with Crippen LogP contribution in [-0.2, 0) is 9.47 Å². The van der Waals surface area contributed by atoms with Crippen LogP contribution < -0.4 is 5.32 Å². The minimum atomic E-state index is -0.569. The number of hydrogen-bond acceptors (Lipinski definition) is 7. The molecule has 1 saturated heterocycles. The van der Waals surface area contributed by atoms with Gasteiger partial charge in [0, 0.05) is 44.0 Å². The number of nitrogens with one attached hydrogen (secondary N) is 1. The van der Waals surface area contributed by atoms with Gasteiger partial charge < -0.3 is 19.3 Å². The number of carbonyl (C=O) groups is 2. The van der Waals surface area contributed by atoms with Crippen molar-refractivity contribution in [2.24, 2.45) is 0 Å². The summed E-state index contributed by atoms with van der Waals surface area (Å²) < 4.78 is 11.9. The van der Waals surface area contributed by atoms with Crippen LogP contribution in [0.3, 0.4) is 0 Å². The first-order valence-corrected chi connectivity index (χ1v) is 15.2. The van der Waals surface area contributed by atoms with E-state index in [9.17, 15) is 9.59 Å². The molecule has 1 aliphatic heterocycles. The zero-order valence-corrected chi connectivity index (χ0v) is 26.5. The largest absolute Gasteiger partial charge is 0.464 e. The van der Waals surface area contributed by atoms with Crippen LogP contribution in [0.25, 0.3) is 28.1 Å². The number of carbonyl (C=O) groups excluding carboxylic acids is 2. The maximum Gasteiger partial charge on any atom is 0.411 e. The van der Waals surface area contributed by atoms with E-state index in [-0.39, 0.29) is 5.69 Å². The van der Waals surface area contributed by atoms with Gasteiger partial charge in [-0.2, -0.15) is 5.10 Å². The number of aromatic nitrogens is 2. The fourth-order valence-corrected chi connectivity index (χ4v) is 5.78. The smallest absolute Gasteiger partial charge is 0.411 e. The molecule has 1 aromatic heterocycles. The molecule has 11 heteroatoms. The summed E-state index contributed by atoms with van der Waals surface area (Å²) in [5, 5.41) is 8.11. The van der Waals surface area contributed by atoms with Gasteiger partial charge >= 0.3 is 12.1 Å². The first-order chi connectivity index (χ1) is 21.2. The zero-order chi connectivity index (χ0) is 31.2. The zero-order valence-electron chi connectivity index (χ0n) is 25.0. The molecule has 0 aliphatic carbocycles. The Labute approximate surface area is 267 Å². The van der Waals surface area contributed by atoms with Crippen molar-refractivity contribution in [1.29, 1.82) is 0 Å². The van der Waals surface area contributed by atoms with Crippen LogP contribution in [0.1, 0.15) is 22.5 Å². The second kappa shape index (κ2) is 14.3. The molecule has 9 nitrogen and oxygen atoms in total.